The van der Waals surface area contributed by atoms with Crippen molar-refractivity contribution in [2.75, 3.05) is 86.1 Å². The highest BCUT2D eigenvalue weighted by molar-refractivity contribution is 5.81. The number of carbonyl (C=O) groups is 7. The fraction of sp³-hybridized carbons (Fsp3) is 0.868. The van der Waals surface area contributed by atoms with Crippen molar-refractivity contribution in [3.63, 3.8) is 0 Å². The van der Waals surface area contributed by atoms with Crippen LogP contribution >= 0.6 is 0 Å². The first-order chi connectivity index (χ1) is 35.3. The van der Waals surface area contributed by atoms with Crippen LogP contribution in [0.3, 0.4) is 0 Å². The Morgan fingerprint density at radius 1 is 0.493 bits per heavy atom. The number of ketones is 1. The average Bonchev–Trinajstić information content (AvgIpc) is 3.36. The van der Waals surface area contributed by atoms with Gasteiger partial charge in [-0.3, -0.25) is 33.6 Å². The summed E-state index contributed by atoms with van der Waals surface area (Å²) in [6.07, 6.45) is 23.0. The third-order valence-corrected chi connectivity index (χ3v) is 13.1. The fourth-order valence-corrected chi connectivity index (χ4v) is 8.63. The maximum atomic E-state index is 13.0. The Labute approximate surface area is 436 Å². The smallest absolute Gasteiger partial charge is 0.303 e. The molecule has 1 rings (SSSR count). The number of amides is 5. The van der Waals surface area contributed by atoms with Crippen molar-refractivity contribution in [2.24, 2.45) is 11.8 Å². The van der Waals surface area contributed by atoms with Gasteiger partial charge in [-0.25, -0.2) is 0 Å². The number of aliphatic hydroxyl groups is 2. The molecule has 20 nitrogen and oxygen atoms in total. The Morgan fingerprint density at radius 3 is 1.42 bits per heavy atom. The van der Waals surface area contributed by atoms with E-state index < -0.39 is 18.3 Å². The van der Waals surface area contributed by atoms with Gasteiger partial charge < -0.3 is 66.2 Å². The number of carbonyl (C=O) groups excluding carboxylic acids is 6. The van der Waals surface area contributed by atoms with E-state index in [4.69, 9.17) is 24.1 Å². The molecule has 0 heterocycles. The fourth-order valence-electron chi connectivity index (χ4n) is 8.63. The van der Waals surface area contributed by atoms with Crippen molar-refractivity contribution >= 4 is 41.3 Å². The summed E-state index contributed by atoms with van der Waals surface area (Å²) in [6, 6.07) is -1.15. The van der Waals surface area contributed by atoms with Gasteiger partial charge in [-0.1, -0.05) is 89.9 Å². The highest BCUT2D eigenvalue weighted by Crippen LogP contribution is 2.29. The second-order valence-corrected chi connectivity index (χ2v) is 19.5. The minimum Gasteiger partial charge on any atom is -0.481 e. The van der Waals surface area contributed by atoms with Crippen LogP contribution in [0.1, 0.15) is 180 Å². The van der Waals surface area contributed by atoms with E-state index in [1.165, 1.54) is 64.2 Å². The highest BCUT2D eigenvalue weighted by Gasteiger charge is 2.29. The lowest BCUT2D eigenvalue weighted by Crippen LogP contribution is -2.47. The van der Waals surface area contributed by atoms with Crippen LogP contribution < -0.4 is 31.9 Å². The molecule has 73 heavy (non-hydrogen) atoms. The van der Waals surface area contributed by atoms with Crippen LogP contribution in [0.2, 0.25) is 0 Å². The molecule has 0 spiro atoms. The second-order valence-electron chi connectivity index (χ2n) is 19.5. The van der Waals surface area contributed by atoms with Crippen LogP contribution in [0.15, 0.2) is 0 Å². The molecule has 5 amide bonds. The number of nitrogens with one attached hydrogen (secondary N) is 6. The summed E-state index contributed by atoms with van der Waals surface area (Å²) < 4.78 is 21.5. The van der Waals surface area contributed by atoms with Crippen LogP contribution in [0.5, 0.6) is 0 Å². The summed E-state index contributed by atoms with van der Waals surface area (Å²) in [7, 11) is 1.76. The molecular formula is C53H98N6O14. The predicted octanol–water partition coefficient (Wildman–Crippen LogP) is 4.35. The molecule has 424 valence electrons. The first kappa shape index (κ1) is 67.2. The lowest BCUT2D eigenvalue weighted by atomic mass is 9.81. The van der Waals surface area contributed by atoms with Crippen molar-refractivity contribution in [1.29, 1.82) is 0 Å². The molecule has 1 fully saturated rings. The number of rotatable bonds is 50. The number of hydrogen-bond donors (Lipinski definition) is 9. The van der Waals surface area contributed by atoms with Gasteiger partial charge in [0.25, 0.3) is 0 Å². The largest absolute Gasteiger partial charge is 0.481 e. The maximum absolute atomic E-state index is 13.0. The summed E-state index contributed by atoms with van der Waals surface area (Å²) in [5.41, 5.74) is 0. The summed E-state index contributed by atoms with van der Waals surface area (Å²) in [4.78, 5) is 83.7. The van der Waals surface area contributed by atoms with Gasteiger partial charge in [0.05, 0.1) is 51.7 Å². The summed E-state index contributed by atoms with van der Waals surface area (Å²) in [6.45, 7) is 4.26. The first-order valence-electron chi connectivity index (χ1n) is 27.8. The molecule has 0 bridgehead atoms. The molecule has 2 atom stereocenters. The van der Waals surface area contributed by atoms with Crippen LogP contribution in [0.25, 0.3) is 0 Å². The van der Waals surface area contributed by atoms with Crippen molar-refractivity contribution in [2.45, 2.75) is 199 Å². The molecule has 0 aliphatic heterocycles. The van der Waals surface area contributed by atoms with E-state index in [9.17, 15) is 43.8 Å². The molecule has 0 unspecified atom stereocenters. The van der Waals surface area contributed by atoms with Gasteiger partial charge in [-0.05, 0) is 84.1 Å². The number of ether oxygens (including phenoxy) is 4. The number of unbranched alkanes of at least 4 members (excludes halogenated alkanes) is 16. The molecule has 0 aromatic carbocycles. The molecule has 0 aromatic rings. The molecule has 9 N–H and O–H groups in total. The molecule has 1 saturated carbocycles. The number of carboxylic acid groups (broad SMARTS) is 1. The Hall–Kier alpha value is -3.79. The normalized spacial score (nSPS) is 15.4. The lowest BCUT2D eigenvalue weighted by Gasteiger charge is -2.29. The Morgan fingerprint density at radius 2 is 0.945 bits per heavy atom. The minimum atomic E-state index is -1.82. The quantitative estimate of drug-likeness (QED) is 0.0302. The SMILES string of the molecule is CN[C@@H](CCCCNC(=O)COCCOCCNC(=O)COCCOCCNC(=O)CC[C@H](NC(=O)[C@H]1CC[C@H](CNC(=O)CCCCCCCCCCCCCCCCCCC(=O)O)CC1)C(O)O)C(C)=O. The Bertz CT molecular complexity index is 1470. The molecule has 0 saturated heterocycles. The van der Waals surface area contributed by atoms with Gasteiger partial charge in [0, 0.05) is 51.4 Å². The van der Waals surface area contributed by atoms with E-state index in [-0.39, 0.29) is 126 Å². The first-order valence-corrected chi connectivity index (χ1v) is 27.8. The third kappa shape index (κ3) is 41.2. The van der Waals surface area contributed by atoms with E-state index in [2.05, 4.69) is 31.9 Å². The summed E-state index contributed by atoms with van der Waals surface area (Å²) in [5, 5.41) is 45.4. The van der Waals surface area contributed by atoms with Gasteiger partial charge in [0.15, 0.2) is 6.29 Å². The lowest BCUT2D eigenvalue weighted by molar-refractivity contribution is -0.137. The molecular weight excluding hydrogens is 945 g/mol. The van der Waals surface area contributed by atoms with E-state index in [0.29, 0.717) is 44.7 Å². The summed E-state index contributed by atoms with van der Waals surface area (Å²) in [5.74, 6) is -1.61. The van der Waals surface area contributed by atoms with E-state index in [0.717, 1.165) is 70.6 Å². The maximum Gasteiger partial charge on any atom is 0.303 e. The number of carboxylic acids is 1. The number of likely N-dealkylation sites (N-methyl/N-ethyl adjacent to an activating group) is 1. The zero-order valence-corrected chi connectivity index (χ0v) is 44.8. The molecule has 0 radical (unpaired) electrons. The monoisotopic (exact) mass is 1040 g/mol. The van der Waals surface area contributed by atoms with Crippen LogP contribution in [0, 0.1) is 11.8 Å². The summed E-state index contributed by atoms with van der Waals surface area (Å²) >= 11 is 0. The molecule has 1 aliphatic rings. The van der Waals surface area contributed by atoms with Gasteiger partial charge in [-0.15, -0.1) is 0 Å². The van der Waals surface area contributed by atoms with Crippen LogP contribution in [0.4, 0.5) is 0 Å². The van der Waals surface area contributed by atoms with Gasteiger partial charge in [0.2, 0.25) is 29.5 Å². The minimum absolute atomic E-state index is 0.0287. The third-order valence-electron chi connectivity index (χ3n) is 13.1. The standard InChI is InChI=1S/C53H98N6O14/c1-42(60)45(54-2)21-19-20-30-55-49(63)40-72-37-36-71-34-32-57-50(64)41-73-38-35-70-33-31-56-48(62)29-28-46(53(68)69)59-52(67)44-26-24-43(25-27-44)39-58-47(61)22-17-15-13-11-9-7-5-3-4-6-8-10-12-14-16-18-23-51(65)66/h43-46,53-54,68-69H,3-41H2,1-2H3,(H,55,63)(H,56,62)(H,57,64)(H,58,61)(H,59,67)(H,65,66)/t43-,44-,45-,46-/m0/s1. The van der Waals surface area contributed by atoms with Gasteiger partial charge in [0.1, 0.15) is 19.0 Å². The van der Waals surface area contributed by atoms with Crippen LogP contribution in [-0.4, -0.2) is 161 Å². The predicted molar refractivity (Wildman–Crippen MR) is 278 cm³/mol. The molecule has 0 aromatic heterocycles. The van der Waals surface area contributed by atoms with E-state index in [1.54, 1.807) is 14.0 Å². The van der Waals surface area contributed by atoms with Gasteiger partial charge in [-0.2, -0.15) is 0 Å². The number of Topliss-reactive ketones (excluding diaryl/α,β-unsaturated/α-hetero) is 1. The van der Waals surface area contributed by atoms with Crippen molar-refractivity contribution in [1.82, 2.24) is 31.9 Å². The highest BCUT2D eigenvalue weighted by atomic mass is 16.5. The van der Waals surface area contributed by atoms with E-state index >= 15 is 0 Å². The van der Waals surface area contributed by atoms with Crippen molar-refractivity contribution < 1.29 is 67.8 Å². The molecule has 1 aliphatic carbocycles. The zero-order chi connectivity index (χ0) is 53.6. The average molecular weight is 1040 g/mol. The van der Waals surface area contributed by atoms with E-state index in [1.807, 2.05) is 0 Å². The zero-order valence-electron chi connectivity index (χ0n) is 44.8. The number of aliphatic hydroxyl groups excluding tert-OH is 1. The van der Waals surface area contributed by atoms with Gasteiger partial charge >= 0.3 is 5.97 Å². The number of aliphatic carboxylic acids is 1. The Balaban J connectivity index is 1.97. The Kier molecular flexibility index (Phi) is 43.0. The second kappa shape index (κ2) is 46.7. The van der Waals surface area contributed by atoms with Crippen LogP contribution in [-0.2, 0) is 52.5 Å². The topological polar surface area (TPSA) is 289 Å². The number of hydrogen-bond acceptors (Lipinski definition) is 14. The van der Waals surface area contributed by atoms with Crippen molar-refractivity contribution in [3.8, 4) is 0 Å². The van der Waals surface area contributed by atoms with Crippen molar-refractivity contribution in [3.05, 3.63) is 0 Å². The molecule has 20 heteroatoms.